The summed E-state index contributed by atoms with van der Waals surface area (Å²) in [5.41, 5.74) is -1.64. The molecule has 0 aliphatic rings. The molecule has 8 nitrogen and oxygen atoms in total. The number of benzene rings is 3. The minimum atomic E-state index is -4.66. The molecular weight excluding hydrogens is 576 g/mol. The second-order valence-electron chi connectivity index (χ2n) is 8.66. The van der Waals surface area contributed by atoms with Crippen molar-refractivity contribution < 1.29 is 36.1 Å². The number of amides is 1. The van der Waals surface area contributed by atoms with E-state index in [9.17, 15) is 41.3 Å². The van der Waals surface area contributed by atoms with Crippen LogP contribution in [-0.4, -0.2) is 25.6 Å². The number of carbonyl (C=O) groups is 1. The quantitative estimate of drug-likeness (QED) is 0.105. The number of aromatic nitrogens is 3. The fourth-order valence-electron chi connectivity index (χ4n) is 3.90. The Morgan fingerprint density at radius 1 is 0.951 bits per heavy atom. The lowest BCUT2D eigenvalue weighted by Gasteiger charge is -2.14. The van der Waals surface area contributed by atoms with Crippen molar-refractivity contribution in [3.8, 4) is 5.69 Å². The van der Waals surface area contributed by atoms with Crippen LogP contribution in [0.2, 0.25) is 0 Å². The fourth-order valence-corrected chi connectivity index (χ4v) is 4.81. The summed E-state index contributed by atoms with van der Waals surface area (Å²) in [6.07, 6.45) is -9.22. The van der Waals surface area contributed by atoms with Crippen molar-refractivity contribution in [3.63, 3.8) is 0 Å². The number of nitro benzene ring substituents is 1. The van der Waals surface area contributed by atoms with Crippen molar-refractivity contribution in [1.82, 2.24) is 20.1 Å². The van der Waals surface area contributed by atoms with Gasteiger partial charge in [0.1, 0.15) is 0 Å². The van der Waals surface area contributed by atoms with Crippen LogP contribution in [0.15, 0.2) is 71.9 Å². The van der Waals surface area contributed by atoms with Crippen LogP contribution in [0.3, 0.4) is 0 Å². The van der Waals surface area contributed by atoms with Gasteiger partial charge in [0, 0.05) is 22.9 Å². The van der Waals surface area contributed by atoms with E-state index < -0.39 is 34.3 Å². The third-order valence-corrected chi connectivity index (χ3v) is 6.91. The van der Waals surface area contributed by atoms with Crippen LogP contribution < -0.4 is 5.32 Å². The van der Waals surface area contributed by atoms with E-state index in [0.717, 1.165) is 36.0 Å². The van der Waals surface area contributed by atoms with Crippen molar-refractivity contribution >= 4 is 23.4 Å². The highest BCUT2D eigenvalue weighted by atomic mass is 32.2. The summed E-state index contributed by atoms with van der Waals surface area (Å²) in [4.78, 5) is 23.4. The lowest BCUT2D eigenvalue weighted by molar-refractivity contribution is -0.385. The first-order chi connectivity index (χ1) is 19.3. The Morgan fingerprint density at radius 2 is 1.59 bits per heavy atom. The molecule has 0 bridgehead atoms. The van der Waals surface area contributed by atoms with Gasteiger partial charge in [-0.2, -0.15) is 26.3 Å². The molecule has 15 heteroatoms. The highest BCUT2D eigenvalue weighted by Crippen LogP contribution is 2.34. The third-order valence-electron chi connectivity index (χ3n) is 5.91. The van der Waals surface area contributed by atoms with E-state index in [1.54, 1.807) is 0 Å². The molecule has 0 spiro atoms. The molecule has 3 aromatic carbocycles. The van der Waals surface area contributed by atoms with Gasteiger partial charge in [-0.15, -0.1) is 10.2 Å². The highest BCUT2D eigenvalue weighted by molar-refractivity contribution is 7.98. The van der Waals surface area contributed by atoms with Crippen LogP contribution in [0, 0.1) is 17.0 Å². The molecule has 41 heavy (non-hydrogen) atoms. The summed E-state index contributed by atoms with van der Waals surface area (Å²) in [6, 6.07) is 12.8. The smallest absolute Gasteiger partial charge is 0.345 e. The number of alkyl halides is 6. The van der Waals surface area contributed by atoms with Gasteiger partial charge in [0.05, 0.1) is 28.3 Å². The number of thioether (sulfide) groups is 1. The van der Waals surface area contributed by atoms with Crippen molar-refractivity contribution in [3.05, 3.63) is 110 Å². The Labute approximate surface area is 232 Å². The van der Waals surface area contributed by atoms with Crippen LogP contribution in [0.4, 0.5) is 32.0 Å². The third kappa shape index (κ3) is 6.85. The normalized spacial score (nSPS) is 11.9. The second-order valence-corrected chi connectivity index (χ2v) is 9.60. The topological polar surface area (TPSA) is 103 Å². The maximum absolute atomic E-state index is 13.4. The zero-order valence-corrected chi connectivity index (χ0v) is 21.8. The first-order valence-electron chi connectivity index (χ1n) is 11.7. The van der Waals surface area contributed by atoms with Gasteiger partial charge in [-0.1, -0.05) is 42.1 Å². The average molecular weight is 596 g/mol. The minimum Gasteiger partial charge on any atom is -0.345 e. The van der Waals surface area contributed by atoms with Crippen LogP contribution >= 0.6 is 11.8 Å². The van der Waals surface area contributed by atoms with Gasteiger partial charge in [-0.25, -0.2) is 0 Å². The summed E-state index contributed by atoms with van der Waals surface area (Å²) < 4.78 is 80.9. The Morgan fingerprint density at radius 3 is 2.24 bits per heavy atom. The Bertz CT molecular complexity index is 1600. The summed E-state index contributed by atoms with van der Waals surface area (Å²) in [7, 11) is 0. The van der Waals surface area contributed by atoms with Gasteiger partial charge >= 0.3 is 12.4 Å². The second kappa shape index (κ2) is 11.6. The maximum atomic E-state index is 13.4. The summed E-state index contributed by atoms with van der Waals surface area (Å²) in [6.45, 7) is 1.08. The number of nitrogens with zero attached hydrogens (tertiary/aromatic N) is 4. The van der Waals surface area contributed by atoms with E-state index >= 15 is 0 Å². The maximum Gasteiger partial charge on any atom is 0.416 e. The number of nitrogens with one attached hydrogen (secondary N) is 1. The first kappa shape index (κ1) is 29.6. The largest absolute Gasteiger partial charge is 0.416 e. The van der Waals surface area contributed by atoms with Crippen LogP contribution in [0.1, 0.15) is 38.4 Å². The van der Waals surface area contributed by atoms with Crippen molar-refractivity contribution in [2.24, 2.45) is 0 Å². The molecule has 0 saturated heterocycles. The van der Waals surface area contributed by atoms with Gasteiger partial charge in [0.2, 0.25) is 0 Å². The van der Waals surface area contributed by atoms with E-state index in [1.807, 2.05) is 0 Å². The number of halogens is 6. The molecule has 0 unspecified atom stereocenters. The van der Waals surface area contributed by atoms with Gasteiger partial charge in [-0.05, 0) is 42.8 Å². The van der Waals surface area contributed by atoms with E-state index in [2.05, 4.69) is 15.5 Å². The standard InChI is InChI=1S/C26H19F6N5O3S/c1-15-20(9-4-10-21(15)37(39)40)23(38)33-13-22-34-35-24(36(22)19-8-3-7-18(12-19)26(30,31)32)41-14-16-5-2-6-17(11-16)25(27,28)29/h2-12H,13-14H2,1H3,(H,33,38). The molecule has 214 valence electrons. The van der Waals surface area contributed by atoms with Gasteiger partial charge in [0.25, 0.3) is 11.6 Å². The van der Waals surface area contributed by atoms with E-state index in [4.69, 9.17) is 0 Å². The number of rotatable bonds is 8. The predicted molar refractivity (Wildman–Crippen MR) is 136 cm³/mol. The zero-order chi connectivity index (χ0) is 29.9. The highest BCUT2D eigenvalue weighted by Gasteiger charge is 2.32. The SMILES string of the molecule is Cc1c(C(=O)NCc2nnc(SCc3cccc(C(F)(F)F)c3)n2-c2cccc(C(F)(F)F)c2)cccc1[N+](=O)[O-]. The van der Waals surface area contributed by atoms with Crippen molar-refractivity contribution in [2.75, 3.05) is 0 Å². The monoisotopic (exact) mass is 595 g/mol. The molecule has 0 atom stereocenters. The molecule has 0 fully saturated rings. The molecule has 0 aliphatic heterocycles. The van der Waals surface area contributed by atoms with Crippen LogP contribution in [0.5, 0.6) is 0 Å². The minimum absolute atomic E-state index is 0.00662. The number of hydrogen-bond acceptors (Lipinski definition) is 6. The molecule has 0 aliphatic carbocycles. The number of hydrogen-bond donors (Lipinski definition) is 1. The van der Waals surface area contributed by atoms with E-state index in [0.29, 0.717) is 5.56 Å². The molecule has 0 radical (unpaired) electrons. The molecule has 4 aromatic rings. The molecular formula is C26H19F6N5O3S. The lowest BCUT2D eigenvalue weighted by atomic mass is 10.1. The summed E-state index contributed by atoms with van der Waals surface area (Å²) >= 11 is 0.940. The first-order valence-corrected chi connectivity index (χ1v) is 12.7. The van der Waals surface area contributed by atoms with Gasteiger partial charge in [0.15, 0.2) is 11.0 Å². The molecule has 1 N–H and O–H groups in total. The van der Waals surface area contributed by atoms with E-state index in [1.165, 1.54) is 54.0 Å². The molecule has 4 rings (SSSR count). The Balaban J connectivity index is 1.65. The summed E-state index contributed by atoms with van der Waals surface area (Å²) in [5, 5.41) is 21.8. The van der Waals surface area contributed by atoms with Crippen LogP contribution in [0.25, 0.3) is 5.69 Å². The predicted octanol–water partition coefficient (Wildman–Crippen LogP) is 6.74. The zero-order valence-electron chi connectivity index (χ0n) is 21.0. The number of carbonyl (C=O) groups excluding carboxylic acids is 1. The molecule has 1 heterocycles. The summed E-state index contributed by atoms with van der Waals surface area (Å²) in [5.74, 6) is -0.685. The molecule has 1 aromatic heterocycles. The lowest BCUT2D eigenvalue weighted by Crippen LogP contribution is -2.25. The Kier molecular flexibility index (Phi) is 8.37. The van der Waals surface area contributed by atoms with E-state index in [-0.39, 0.29) is 45.8 Å². The number of nitro groups is 1. The molecule has 1 amide bonds. The van der Waals surface area contributed by atoms with Crippen molar-refractivity contribution in [2.45, 2.75) is 36.7 Å². The van der Waals surface area contributed by atoms with Gasteiger partial charge < -0.3 is 5.32 Å². The average Bonchev–Trinajstić information content (AvgIpc) is 3.32. The van der Waals surface area contributed by atoms with Crippen LogP contribution in [-0.2, 0) is 24.7 Å². The van der Waals surface area contributed by atoms with Gasteiger partial charge in [-0.3, -0.25) is 19.5 Å². The Hall–Kier alpha value is -4.40. The fraction of sp³-hybridized carbons (Fsp3) is 0.192. The molecule has 0 saturated carbocycles. The van der Waals surface area contributed by atoms with Crippen molar-refractivity contribution in [1.29, 1.82) is 0 Å².